The predicted molar refractivity (Wildman–Crippen MR) is 604 cm³/mol. The second-order valence-electron chi connectivity index (χ2n) is 36.8. The lowest BCUT2D eigenvalue weighted by Gasteiger charge is -2.18. The number of hydrogen-bond acceptors (Lipinski definition) is 7. The Morgan fingerprint density at radius 3 is 0.767 bits per heavy atom. The van der Waals surface area contributed by atoms with Crippen molar-refractivity contribution in [2.75, 3.05) is 0 Å². The summed E-state index contributed by atoms with van der Waals surface area (Å²) in [7, 11) is 0. The largest absolute Gasteiger partial charge is 0.309 e. The molecule has 0 bridgehead atoms. The summed E-state index contributed by atoms with van der Waals surface area (Å²) in [6, 6.07) is 170. The summed E-state index contributed by atoms with van der Waals surface area (Å²) in [5.41, 5.74) is 34.2. The number of hydrogen-bond donors (Lipinski definition) is 0. The summed E-state index contributed by atoms with van der Waals surface area (Å²) in [6.45, 7) is 15.2. The predicted octanol–water partition coefficient (Wildman–Crippen LogP) is 33.8. The summed E-state index contributed by atoms with van der Waals surface area (Å²) in [6.07, 6.45) is 0. The number of para-hydroxylation sites is 9. The average Bonchev–Trinajstić information content (AvgIpc) is 1.59. The van der Waals surface area contributed by atoms with Crippen molar-refractivity contribution in [3.63, 3.8) is 0 Å². The Kier molecular flexibility index (Phi) is 22.0. The Bertz CT molecular complexity index is 10400. The van der Waals surface area contributed by atoms with Crippen LogP contribution in [0.4, 0.5) is 11.4 Å². The van der Waals surface area contributed by atoms with Crippen LogP contribution in [0.2, 0.25) is 0 Å². The van der Waals surface area contributed by atoms with Gasteiger partial charge < -0.3 is 27.4 Å². The SMILES string of the molecule is N#Cc1ccc2c(c1)c1c(C#N)cccc1n2-c1ccc(-c2ccccc2-c2ccccc2-n2c3ccccc3c3ccccc32)cc1C#N.[C-]#[N+]c1ccc2c(c1)c1cc(C#N)ccc1n2-c1ccc(-c2ccccc2-c2ccccc2-n2c3ccccc3c3ccccc32)cc1C#N.[C-]#[N+]c1ccc2c3cc(C#N)ccc3n(-c3ccc(-c4ccccc4-c4ccccc4-n4c5ccccc5c5ccccc54)cc3C#N)c2c1. The molecule has 690 valence electrons. The van der Waals surface area contributed by atoms with E-state index in [0.29, 0.717) is 61.7 Å². The average molecular weight is 1910 g/mol. The lowest BCUT2D eigenvalue weighted by molar-refractivity contribution is 1.17. The van der Waals surface area contributed by atoms with Gasteiger partial charge in [-0.05, 0) is 231 Å². The van der Waals surface area contributed by atoms with Crippen molar-refractivity contribution in [2.45, 2.75) is 0 Å². The lowest BCUT2D eigenvalue weighted by atomic mass is 9.92. The molecule has 15 nitrogen and oxygen atoms in total. The first-order valence-corrected chi connectivity index (χ1v) is 48.8. The Balaban J connectivity index is 0.000000116. The van der Waals surface area contributed by atoms with E-state index in [1.807, 2.05) is 137 Å². The fourth-order valence-corrected chi connectivity index (χ4v) is 22.4. The fraction of sp³-hybridized carbons (Fsp3) is 0. The highest BCUT2D eigenvalue weighted by Gasteiger charge is 2.28. The van der Waals surface area contributed by atoms with Crippen LogP contribution in [0.3, 0.4) is 0 Å². The van der Waals surface area contributed by atoms with E-state index in [4.69, 9.17) is 13.1 Å². The van der Waals surface area contributed by atoms with Crippen molar-refractivity contribution in [2.24, 2.45) is 0 Å². The van der Waals surface area contributed by atoms with Crippen molar-refractivity contribution >= 4 is 142 Å². The molecule has 27 aromatic rings. The molecule has 6 heterocycles. The second-order valence-corrected chi connectivity index (χ2v) is 36.8. The van der Waals surface area contributed by atoms with Crippen LogP contribution < -0.4 is 0 Å². The maximum Gasteiger partial charge on any atom is 0.189 e. The monoisotopic (exact) mass is 1910 g/mol. The highest BCUT2D eigenvalue weighted by Crippen LogP contribution is 2.49. The zero-order valence-electron chi connectivity index (χ0n) is 80.0. The Morgan fingerprint density at radius 1 is 0.160 bits per heavy atom. The topological polar surface area (TPSA) is 205 Å². The van der Waals surface area contributed by atoms with Gasteiger partial charge in [-0.3, -0.25) is 0 Å². The van der Waals surface area contributed by atoms with Crippen LogP contribution in [0, 0.1) is 92.5 Å². The van der Waals surface area contributed by atoms with Gasteiger partial charge in [-0.2, -0.15) is 36.8 Å². The zero-order chi connectivity index (χ0) is 101. The van der Waals surface area contributed by atoms with Crippen LogP contribution in [-0.4, -0.2) is 27.4 Å². The third-order valence-corrected chi connectivity index (χ3v) is 28.9. The van der Waals surface area contributed by atoms with Crippen LogP contribution in [0.5, 0.6) is 0 Å². The van der Waals surface area contributed by atoms with Crippen molar-refractivity contribution < 1.29 is 0 Å². The van der Waals surface area contributed by atoms with Gasteiger partial charge in [0.1, 0.15) is 18.2 Å². The molecule has 0 amide bonds. The fourth-order valence-electron chi connectivity index (χ4n) is 22.4. The van der Waals surface area contributed by atoms with E-state index in [1.165, 1.54) is 32.3 Å². The highest BCUT2D eigenvalue weighted by molar-refractivity contribution is 6.17. The minimum Gasteiger partial charge on any atom is -0.309 e. The molecular weight excluding hydrogens is 1830 g/mol. The highest BCUT2D eigenvalue weighted by atomic mass is 15.0. The third-order valence-electron chi connectivity index (χ3n) is 28.9. The van der Waals surface area contributed by atoms with Crippen LogP contribution in [-0.2, 0) is 0 Å². The molecule has 0 N–H and O–H groups in total. The van der Waals surface area contributed by atoms with Crippen LogP contribution in [0.15, 0.2) is 455 Å². The van der Waals surface area contributed by atoms with E-state index in [9.17, 15) is 36.8 Å². The summed E-state index contributed by atoms with van der Waals surface area (Å²) in [4.78, 5) is 7.31. The summed E-state index contributed by atoms with van der Waals surface area (Å²) >= 11 is 0. The second kappa shape index (κ2) is 37.0. The summed E-state index contributed by atoms with van der Waals surface area (Å²) in [5.74, 6) is 0. The van der Waals surface area contributed by atoms with Gasteiger partial charge in [0, 0.05) is 81.5 Å². The lowest BCUT2D eigenvalue weighted by Crippen LogP contribution is -1.99. The van der Waals surface area contributed by atoms with Gasteiger partial charge >= 0.3 is 0 Å². The molecule has 6 aromatic heterocycles. The molecule has 0 saturated carbocycles. The van der Waals surface area contributed by atoms with Crippen LogP contribution in [0.1, 0.15) is 38.9 Å². The zero-order valence-corrected chi connectivity index (χ0v) is 80.0. The molecule has 21 aromatic carbocycles. The van der Waals surface area contributed by atoms with Gasteiger partial charge in [-0.15, -0.1) is 0 Å². The van der Waals surface area contributed by atoms with E-state index >= 15 is 0 Å². The first kappa shape index (κ1) is 89.2. The number of rotatable bonds is 12. The van der Waals surface area contributed by atoms with Crippen molar-refractivity contribution in [3.8, 4) is 143 Å². The minimum atomic E-state index is 0.499. The van der Waals surface area contributed by atoms with Crippen LogP contribution in [0.25, 0.3) is 241 Å². The van der Waals surface area contributed by atoms with Gasteiger partial charge in [-0.1, -0.05) is 279 Å². The van der Waals surface area contributed by atoms with E-state index in [-0.39, 0.29) is 0 Å². The molecule has 0 aliphatic rings. The normalized spacial score (nSPS) is 11.1. The number of aromatic nitrogens is 6. The molecule has 0 spiro atoms. The molecule has 27 rings (SSSR count). The first-order chi connectivity index (χ1) is 74.0. The van der Waals surface area contributed by atoms with Crippen molar-refractivity contribution in [1.82, 2.24) is 27.4 Å². The molecule has 0 fully saturated rings. The summed E-state index contributed by atoms with van der Waals surface area (Å²) < 4.78 is 13.2. The quantitative estimate of drug-likeness (QED) is 0.108. The number of fused-ring (bicyclic) bond motifs is 18. The van der Waals surface area contributed by atoms with E-state index < -0.39 is 0 Å². The molecular formula is C135H75N15. The maximum atomic E-state index is 10.6. The van der Waals surface area contributed by atoms with E-state index in [1.54, 1.807) is 36.4 Å². The molecule has 0 aliphatic carbocycles. The van der Waals surface area contributed by atoms with Gasteiger partial charge in [0.15, 0.2) is 11.4 Å². The minimum absolute atomic E-state index is 0.499. The molecule has 150 heavy (non-hydrogen) atoms. The maximum absolute atomic E-state index is 10.6. The number of nitrogens with zero attached hydrogens (tertiary/aromatic N) is 15. The molecule has 0 atom stereocenters. The van der Waals surface area contributed by atoms with Gasteiger partial charge in [0.2, 0.25) is 0 Å². The molecule has 15 heteroatoms. The number of benzene rings is 21. The third kappa shape index (κ3) is 14.7. The van der Waals surface area contributed by atoms with E-state index in [0.717, 1.165) is 188 Å². The Labute approximate surface area is 860 Å². The van der Waals surface area contributed by atoms with Crippen molar-refractivity contribution in [1.29, 1.82) is 36.8 Å². The molecule has 0 radical (unpaired) electrons. The van der Waals surface area contributed by atoms with Gasteiger partial charge in [0.25, 0.3) is 0 Å². The van der Waals surface area contributed by atoms with Crippen molar-refractivity contribution in [3.05, 3.63) is 517 Å². The smallest absolute Gasteiger partial charge is 0.189 e. The standard InChI is InChI=1S/3C45H25N5/c1-48-32-20-21-38-39-24-29(27-46)18-22-44(39)49(45(38)26-32)40-23-19-30(25-31(40)28-47)33-10-2-3-11-34(33)35-12-4-7-15-41(35)50-42-16-8-5-13-36(42)37-14-6-9-17-43(37)50;1-48-32-20-23-45-39(26-32)38-24-29(27-46)18-21-44(38)49(45)40-22-19-30(25-31(40)28-47)33-10-2-3-11-34(33)35-12-4-7-15-41(35)50-42-16-8-5-13-36(42)37-14-6-9-17-43(37)50;46-26-29-20-22-43-38(24-29)45-31(27-47)10-9-19-44(45)49(43)39-23-21-30(25-32(39)28-48)33-11-1-2-12-34(33)35-13-3-6-16-40(35)50-41-17-7-4-14-36(41)37-15-5-8-18-42(37)50/h2*2-26H;1-25H. The first-order valence-electron chi connectivity index (χ1n) is 48.8. The van der Waals surface area contributed by atoms with E-state index in [2.05, 4.69) is 362 Å². The molecule has 0 unspecified atom stereocenters. The molecule has 0 aliphatic heterocycles. The molecule has 0 saturated heterocycles. The summed E-state index contributed by atoms with van der Waals surface area (Å²) in [5, 5.41) is 83.1. The Morgan fingerprint density at radius 2 is 0.413 bits per heavy atom. The van der Waals surface area contributed by atoms with Crippen LogP contribution >= 0.6 is 0 Å². The Hall–Kier alpha value is -22.2. The van der Waals surface area contributed by atoms with Gasteiger partial charge in [0.05, 0.1) is 171 Å². The van der Waals surface area contributed by atoms with Gasteiger partial charge in [-0.25, -0.2) is 9.69 Å². The number of nitriles is 7.